The standard InChI is InChI=1S/C18H31O5PSi/c1-16(18(19)22-13-15-25(2,3)4)10-8-9-14-24(20,21)23-17-11-6-5-7-12-17/h5-7,11-12,16H,8-10,13-15H2,1-4H3,(H,20,21)/t16-/m0/s1. The average molecular weight is 387 g/mol. The molecule has 1 unspecified atom stereocenters. The minimum absolute atomic E-state index is 0.0826. The second kappa shape index (κ2) is 10.1. The van der Waals surface area contributed by atoms with E-state index in [1.165, 1.54) is 0 Å². The Bertz CT molecular complexity index is 571. The minimum atomic E-state index is -3.65. The Labute approximate surface area is 152 Å². The van der Waals surface area contributed by atoms with Gasteiger partial charge >= 0.3 is 13.6 Å². The molecule has 1 N–H and O–H groups in total. The molecule has 0 saturated heterocycles. The molecule has 0 aliphatic rings. The monoisotopic (exact) mass is 386 g/mol. The van der Waals surface area contributed by atoms with Gasteiger partial charge in [0, 0.05) is 8.07 Å². The van der Waals surface area contributed by atoms with E-state index in [4.69, 9.17) is 9.26 Å². The van der Waals surface area contributed by atoms with Gasteiger partial charge in [0.25, 0.3) is 0 Å². The van der Waals surface area contributed by atoms with Crippen molar-refractivity contribution in [3.63, 3.8) is 0 Å². The molecule has 0 aliphatic heterocycles. The van der Waals surface area contributed by atoms with Gasteiger partial charge in [0.15, 0.2) is 0 Å². The van der Waals surface area contributed by atoms with Crippen LogP contribution < -0.4 is 4.52 Å². The van der Waals surface area contributed by atoms with Crippen LogP contribution in [0.2, 0.25) is 25.7 Å². The second-order valence-corrected chi connectivity index (χ2v) is 15.2. The van der Waals surface area contributed by atoms with E-state index in [0.29, 0.717) is 31.6 Å². The molecule has 0 aromatic heterocycles. The summed E-state index contributed by atoms with van der Waals surface area (Å²) in [5.41, 5.74) is 0. The fourth-order valence-electron chi connectivity index (χ4n) is 2.17. The van der Waals surface area contributed by atoms with Crippen LogP contribution in [-0.2, 0) is 14.1 Å². The van der Waals surface area contributed by atoms with E-state index in [0.717, 1.165) is 6.04 Å². The van der Waals surface area contributed by atoms with Crippen LogP contribution in [0.3, 0.4) is 0 Å². The van der Waals surface area contributed by atoms with E-state index in [9.17, 15) is 14.3 Å². The number of unbranched alkanes of at least 4 members (excludes halogenated alkanes) is 1. The SMILES string of the molecule is C[C@@H](CCCCP(=O)(O)Oc1ccccc1)C(=O)OCC[Si](C)(C)C. The summed E-state index contributed by atoms with van der Waals surface area (Å²) in [7, 11) is -4.84. The minimum Gasteiger partial charge on any atom is -0.466 e. The van der Waals surface area contributed by atoms with Crippen LogP contribution in [-0.4, -0.2) is 31.7 Å². The van der Waals surface area contributed by atoms with E-state index < -0.39 is 15.7 Å². The maximum Gasteiger partial charge on any atom is 0.376 e. The number of ether oxygens (including phenoxy) is 1. The first-order valence-corrected chi connectivity index (χ1v) is 14.3. The highest BCUT2D eigenvalue weighted by atomic mass is 31.2. The van der Waals surface area contributed by atoms with Gasteiger partial charge in [0.05, 0.1) is 18.7 Å². The molecule has 142 valence electrons. The molecule has 0 aliphatic carbocycles. The molecule has 0 bridgehead atoms. The predicted molar refractivity (Wildman–Crippen MR) is 104 cm³/mol. The van der Waals surface area contributed by atoms with Gasteiger partial charge in [-0.1, -0.05) is 51.2 Å². The fourth-order valence-corrected chi connectivity index (χ4v) is 4.05. The molecule has 0 spiro atoms. The number of esters is 1. The number of carbonyl (C=O) groups excluding carboxylic acids is 1. The van der Waals surface area contributed by atoms with Crippen LogP contribution in [0.15, 0.2) is 30.3 Å². The van der Waals surface area contributed by atoms with Crippen molar-refractivity contribution in [3.8, 4) is 5.75 Å². The number of rotatable bonds is 11. The van der Waals surface area contributed by atoms with Gasteiger partial charge in [-0.3, -0.25) is 4.79 Å². The zero-order valence-corrected chi connectivity index (χ0v) is 17.6. The lowest BCUT2D eigenvalue weighted by Gasteiger charge is -2.17. The third kappa shape index (κ3) is 10.5. The van der Waals surface area contributed by atoms with Crippen molar-refractivity contribution < 1.29 is 23.5 Å². The van der Waals surface area contributed by atoms with Crippen molar-refractivity contribution in [1.29, 1.82) is 0 Å². The Hall–Kier alpha value is -1.10. The first kappa shape index (κ1) is 21.9. The van der Waals surface area contributed by atoms with Gasteiger partial charge in [0.2, 0.25) is 0 Å². The number of hydrogen-bond donors (Lipinski definition) is 1. The quantitative estimate of drug-likeness (QED) is 0.252. The van der Waals surface area contributed by atoms with Gasteiger partial charge in [-0.05, 0) is 31.0 Å². The lowest BCUT2D eigenvalue weighted by atomic mass is 10.1. The summed E-state index contributed by atoms with van der Waals surface area (Å²) >= 11 is 0. The molecule has 7 heteroatoms. The van der Waals surface area contributed by atoms with Crippen molar-refractivity contribution in [2.45, 2.75) is 51.9 Å². The van der Waals surface area contributed by atoms with Gasteiger partial charge in [0.1, 0.15) is 5.75 Å². The summed E-state index contributed by atoms with van der Waals surface area (Å²) in [6, 6.07) is 9.60. The summed E-state index contributed by atoms with van der Waals surface area (Å²) < 4.78 is 22.5. The van der Waals surface area contributed by atoms with E-state index in [1.54, 1.807) is 24.3 Å². The summed E-state index contributed by atoms with van der Waals surface area (Å²) in [5, 5.41) is 0. The second-order valence-electron chi connectivity index (χ2n) is 7.64. The highest BCUT2D eigenvalue weighted by molar-refractivity contribution is 7.53. The molecule has 1 aromatic carbocycles. The normalized spacial score (nSPS) is 15.2. The van der Waals surface area contributed by atoms with Crippen molar-refractivity contribution >= 4 is 21.6 Å². The Morgan fingerprint density at radius 3 is 2.44 bits per heavy atom. The van der Waals surface area contributed by atoms with Crippen LogP contribution in [0.4, 0.5) is 0 Å². The zero-order chi connectivity index (χ0) is 18.9. The molecule has 0 saturated carbocycles. The molecular formula is C18H31O5PSi. The smallest absolute Gasteiger partial charge is 0.376 e. The summed E-state index contributed by atoms with van der Waals surface area (Å²) in [4.78, 5) is 21.8. The summed E-state index contributed by atoms with van der Waals surface area (Å²) in [6.07, 6.45) is 1.95. The van der Waals surface area contributed by atoms with E-state index in [2.05, 4.69) is 19.6 Å². The Morgan fingerprint density at radius 1 is 1.20 bits per heavy atom. The van der Waals surface area contributed by atoms with Crippen LogP contribution in [0, 0.1) is 5.92 Å². The Balaban J connectivity index is 2.23. The highest BCUT2D eigenvalue weighted by Gasteiger charge is 2.21. The van der Waals surface area contributed by atoms with Crippen molar-refractivity contribution in [2.24, 2.45) is 5.92 Å². The molecule has 2 atom stereocenters. The molecule has 25 heavy (non-hydrogen) atoms. The number of benzene rings is 1. The molecule has 0 radical (unpaired) electrons. The molecule has 5 nitrogen and oxygen atoms in total. The van der Waals surface area contributed by atoms with Crippen molar-refractivity contribution in [2.75, 3.05) is 12.8 Å². The summed E-state index contributed by atoms with van der Waals surface area (Å²) in [6.45, 7) is 9.07. The van der Waals surface area contributed by atoms with Gasteiger partial charge in [-0.15, -0.1) is 0 Å². The van der Waals surface area contributed by atoms with E-state index in [-0.39, 0.29) is 18.0 Å². The predicted octanol–water partition coefficient (Wildman–Crippen LogP) is 4.94. The van der Waals surface area contributed by atoms with Crippen molar-refractivity contribution in [1.82, 2.24) is 0 Å². The summed E-state index contributed by atoms with van der Waals surface area (Å²) in [5.74, 6) is 0.0356. The third-order valence-corrected chi connectivity index (χ3v) is 6.90. The molecule has 0 amide bonds. The van der Waals surface area contributed by atoms with Crippen molar-refractivity contribution in [3.05, 3.63) is 30.3 Å². The number of hydrogen-bond acceptors (Lipinski definition) is 4. The number of carbonyl (C=O) groups is 1. The zero-order valence-electron chi connectivity index (χ0n) is 15.7. The maximum absolute atomic E-state index is 12.0. The average Bonchev–Trinajstić information content (AvgIpc) is 2.50. The van der Waals surface area contributed by atoms with Gasteiger partial charge in [-0.2, -0.15) is 0 Å². The lowest BCUT2D eigenvalue weighted by molar-refractivity contribution is -0.147. The van der Waals surface area contributed by atoms with Crippen LogP contribution in [0.25, 0.3) is 0 Å². The first-order chi connectivity index (χ1) is 11.6. The molecule has 1 rings (SSSR count). The largest absolute Gasteiger partial charge is 0.466 e. The Morgan fingerprint density at radius 2 is 1.84 bits per heavy atom. The highest BCUT2D eigenvalue weighted by Crippen LogP contribution is 2.43. The van der Waals surface area contributed by atoms with Crippen LogP contribution >= 0.6 is 7.60 Å². The number of para-hydroxylation sites is 1. The molecular weight excluding hydrogens is 355 g/mol. The van der Waals surface area contributed by atoms with E-state index >= 15 is 0 Å². The molecule has 1 aromatic rings. The first-order valence-electron chi connectivity index (χ1n) is 8.82. The fraction of sp³-hybridized carbons (Fsp3) is 0.611. The van der Waals surface area contributed by atoms with Gasteiger partial charge < -0.3 is 14.2 Å². The topological polar surface area (TPSA) is 72.8 Å². The molecule has 0 fully saturated rings. The van der Waals surface area contributed by atoms with Crippen LogP contribution in [0.1, 0.15) is 26.2 Å². The maximum atomic E-state index is 12.0. The van der Waals surface area contributed by atoms with E-state index in [1.807, 2.05) is 13.0 Å². The van der Waals surface area contributed by atoms with Gasteiger partial charge in [-0.25, -0.2) is 4.57 Å². The lowest BCUT2D eigenvalue weighted by Crippen LogP contribution is -2.24. The third-order valence-electron chi connectivity index (χ3n) is 3.82. The van der Waals surface area contributed by atoms with Crippen LogP contribution in [0.5, 0.6) is 5.75 Å². The molecule has 0 heterocycles. The Kier molecular flexibility index (Phi) is 8.90.